The Labute approximate surface area is 86.9 Å². The van der Waals surface area contributed by atoms with Crippen LogP contribution in [0, 0.1) is 11.3 Å². The van der Waals surface area contributed by atoms with Gasteiger partial charge in [0.1, 0.15) is 17.4 Å². The molecule has 0 aromatic heterocycles. The summed E-state index contributed by atoms with van der Waals surface area (Å²) in [5.41, 5.74) is 0.565. The number of Topliss-reactive ketones (excluding diaryl/α,β-unsaturated/α-hetero) is 1. The third-order valence-corrected chi connectivity index (χ3v) is 2.12. The average molecular weight is 210 g/mol. The largest absolute Gasteiger partial charge is 0.495 e. The van der Waals surface area contributed by atoms with E-state index in [1.165, 1.54) is 20.1 Å². The number of nitriles is 1. The number of benzene rings is 1. The van der Waals surface area contributed by atoms with Crippen LogP contribution in [0.3, 0.4) is 0 Å². The van der Waals surface area contributed by atoms with Crippen LogP contribution >= 0.6 is 11.6 Å². The molecule has 0 N–H and O–H groups in total. The molecule has 0 saturated heterocycles. The number of hydrogen-bond acceptors (Lipinski definition) is 3. The Morgan fingerprint density at radius 2 is 2.21 bits per heavy atom. The van der Waals surface area contributed by atoms with Crippen LogP contribution in [0.5, 0.6) is 5.75 Å². The Morgan fingerprint density at radius 3 is 2.64 bits per heavy atom. The first-order valence-electron chi connectivity index (χ1n) is 3.89. The van der Waals surface area contributed by atoms with E-state index in [1.807, 2.05) is 6.07 Å². The molecule has 0 bridgehead atoms. The van der Waals surface area contributed by atoms with Gasteiger partial charge in [-0.3, -0.25) is 4.79 Å². The molecule has 0 atom stereocenters. The van der Waals surface area contributed by atoms with Crippen LogP contribution in [0.1, 0.15) is 22.8 Å². The first kappa shape index (κ1) is 10.6. The summed E-state index contributed by atoms with van der Waals surface area (Å²) in [5, 5.41) is 9.10. The highest BCUT2D eigenvalue weighted by Gasteiger charge is 2.15. The van der Waals surface area contributed by atoms with Crippen LogP contribution in [0.4, 0.5) is 0 Å². The number of carbonyl (C=O) groups excluding carboxylic acids is 1. The number of ether oxygens (including phenoxy) is 1. The van der Waals surface area contributed by atoms with E-state index in [-0.39, 0.29) is 22.1 Å². The van der Waals surface area contributed by atoms with Crippen molar-refractivity contribution in [2.24, 2.45) is 0 Å². The van der Waals surface area contributed by atoms with Gasteiger partial charge >= 0.3 is 0 Å². The van der Waals surface area contributed by atoms with Crippen LogP contribution in [0.2, 0.25) is 5.02 Å². The van der Waals surface area contributed by atoms with Crippen LogP contribution in [-0.2, 0) is 0 Å². The maximum atomic E-state index is 11.2. The summed E-state index contributed by atoms with van der Waals surface area (Å²) in [7, 11) is 1.40. The van der Waals surface area contributed by atoms with E-state index in [9.17, 15) is 4.79 Å². The minimum atomic E-state index is -0.157. The molecule has 14 heavy (non-hydrogen) atoms. The van der Waals surface area contributed by atoms with Gasteiger partial charge in [-0.1, -0.05) is 11.6 Å². The zero-order chi connectivity index (χ0) is 10.7. The van der Waals surface area contributed by atoms with Gasteiger partial charge in [-0.15, -0.1) is 0 Å². The summed E-state index contributed by atoms with van der Waals surface area (Å²) in [6.45, 7) is 1.41. The highest BCUT2D eigenvalue weighted by atomic mass is 35.5. The predicted molar refractivity (Wildman–Crippen MR) is 52.7 cm³/mol. The lowest BCUT2D eigenvalue weighted by Gasteiger charge is -2.08. The highest BCUT2D eigenvalue weighted by Crippen LogP contribution is 2.29. The fourth-order valence-corrected chi connectivity index (χ4v) is 1.34. The molecule has 0 unspecified atom stereocenters. The van der Waals surface area contributed by atoms with E-state index in [0.29, 0.717) is 5.56 Å². The number of ketones is 1. The first-order valence-corrected chi connectivity index (χ1v) is 4.27. The van der Waals surface area contributed by atoms with Crippen LogP contribution < -0.4 is 4.74 Å². The molecule has 1 aromatic carbocycles. The van der Waals surface area contributed by atoms with E-state index in [4.69, 9.17) is 21.6 Å². The van der Waals surface area contributed by atoms with Gasteiger partial charge in [-0.05, 0) is 19.1 Å². The minimum absolute atomic E-state index is 0.157. The van der Waals surface area contributed by atoms with Gasteiger partial charge in [0.25, 0.3) is 0 Å². The van der Waals surface area contributed by atoms with Crippen molar-refractivity contribution in [2.45, 2.75) is 6.92 Å². The molecule has 0 amide bonds. The average Bonchev–Trinajstić information content (AvgIpc) is 2.16. The van der Waals surface area contributed by atoms with Gasteiger partial charge in [0, 0.05) is 0 Å². The molecule has 0 heterocycles. The molecular formula is C10H8ClNO2. The van der Waals surface area contributed by atoms with Crippen molar-refractivity contribution >= 4 is 17.4 Å². The number of rotatable bonds is 2. The molecule has 0 aliphatic rings. The van der Waals surface area contributed by atoms with Crippen molar-refractivity contribution in [1.82, 2.24) is 0 Å². The zero-order valence-corrected chi connectivity index (χ0v) is 8.55. The molecule has 3 nitrogen and oxygen atoms in total. The Hall–Kier alpha value is -1.53. The monoisotopic (exact) mass is 209 g/mol. The third kappa shape index (κ3) is 1.70. The minimum Gasteiger partial charge on any atom is -0.495 e. The van der Waals surface area contributed by atoms with E-state index in [2.05, 4.69) is 0 Å². The highest BCUT2D eigenvalue weighted by molar-refractivity contribution is 6.32. The molecule has 0 fully saturated rings. The molecule has 0 saturated carbocycles. The van der Waals surface area contributed by atoms with Gasteiger partial charge < -0.3 is 4.74 Å². The molecule has 0 aliphatic carbocycles. The van der Waals surface area contributed by atoms with Crippen LogP contribution in [-0.4, -0.2) is 12.9 Å². The topological polar surface area (TPSA) is 50.1 Å². The number of hydrogen-bond donors (Lipinski definition) is 0. The summed E-state index contributed by atoms with van der Waals surface area (Å²) in [4.78, 5) is 11.2. The predicted octanol–water partition coefficient (Wildman–Crippen LogP) is 2.42. The fourth-order valence-electron chi connectivity index (χ4n) is 1.15. The van der Waals surface area contributed by atoms with Gasteiger partial charge in [0.2, 0.25) is 0 Å². The molecule has 4 heteroatoms. The number of nitrogens with zero attached hydrogens (tertiary/aromatic N) is 1. The van der Waals surface area contributed by atoms with Crippen molar-refractivity contribution in [2.75, 3.05) is 7.11 Å². The standard InChI is InChI=1S/C10H8ClNO2/c1-6(13)7-3-4-9(11)8(5-12)10(7)14-2/h3-4H,1-2H3. The number of methoxy groups -OCH3 is 1. The summed E-state index contributed by atoms with van der Waals surface area (Å²) in [6, 6.07) is 4.96. The van der Waals surface area contributed by atoms with Gasteiger partial charge in [-0.25, -0.2) is 0 Å². The molecule has 1 rings (SSSR count). The molecule has 0 radical (unpaired) electrons. The van der Waals surface area contributed by atoms with Crippen molar-refractivity contribution in [1.29, 1.82) is 5.26 Å². The molecule has 72 valence electrons. The van der Waals surface area contributed by atoms with Gasteiger partial charge in [-0.2, -0.15) is 5.26 Å². The lowest BCUT2D eigenvalue weighted by atomic mass is 10.1. The van der Waals surface area contributed by atoms with Crippen LogP contribution in [0.25, 0.3) is 0 Å². The summed E-state index contributed by atoms with van der Waals surface area (Å²) in [5.74, 6) is 0.0857. The van der Waals surface area contributed by atoms with E-state index in [0.717, 1.165) is 0 Å². The second-order valence-corrected chi connectivity index (χ2v) is 3.08. The fraction of sp³-hybridized carbons (Fsp3) is 0.200. The Balaban J connectivity index is 3.50. The summed E-state index contributed by atoms with van der Waals surface area (Å²) in [6.07, 6.45) is 0. The van der Waals surface area contributed by atoms with Gasteiger partial charge in [0.15, 0.2) is 5.78 Å². The smallest absolute Gasteiger partial charge is 0.163 e. The second kappa shape index (κ2) is 4.12. The maximum absolute atomic E-state index is 11.2. The van der Waals surface area contributed by atoms with Crippen molar-refractivity contribution in [3.8, 4) is 11.8 Å². The normalized spacial score (nSPS) is 9.29. The SMILES string of the molecule is COc1c(C(C)=O)ccc(Cl)c1C#N. The summed E-state index contributed by atoms with van der Waals surface area (Å²) >= 11 is 5.77. The van der Waals surface area contributed by atoms with Crippen LogP contribution in [0.15, 0.2) is 12.1 Å². The van der Waals surface area contributed by atoms with Crippen molar-refractivity contribution in [3.63, 3.8) is 0 Å². The Bertz CT molecular complexity index is 421. The van der Waals surface area contributed by atoms with E-state index >= 15 is 0 Å². The molecular weight excluding hydrogens is 202 g/mol. The third-order valence-electron chi connectivity index (χ3n) is 1.80. The summed E-state index contributed by atoms with van der Waals surface area (Å²) < 4.78 is 4.98. The quantitative estimate of drug-likeness (QED) is 0.703. The lowest BCUT2D eigenvalue weighted by molar-refractivity contribution is 0.101. The molecule has 1 aromatic rings. The molecule has 0 spiro atoms. The Morgan fingerprint density at radius 1 is 1.57 bits per heavy atom. The number of halogens is 1. The lowest BCUT2D eigenvalue weighted by Crippen LogP contribution is -2.00. The zero-order valence-electron chi connectivity index (χ0n) is 7.80. The Kier molecular flexibility index (Phi) is 3.10. The maximum Gasteiger partial charge on any atom is 0.163 e. The second-order valence-electron chi connectivity index (χ2n) is 2.67. The van der Waals surface area contributed by atoms with Gasteiger partial charge in [0.05, 0.1) is 17.7 Å². The number of carbonyl (C=O) groups is 1. The van der Waals surface area contributed by atoms with Crippen molar-refractivity contribution < 1.29 is 9.53 Å². The van der Waals surface area contributed by atoms with E-state index < -0.39 is 0 Å². The molecule has 0 aliphatic heterocycles. The van der Waals surface area contributed by atoms with E-state index in [1.54, 1.807) is 6.07 Å². The first-order chi connectivity index (χ1) is 6.61. The van der Waals surface area contributed by atoms with Crippen molar-refractivity contribution in [3.05, 3.63) is 28.3 Å².